The number of rotatable bonds is 8. The van der Waals surface area contributed by atoms with Crippen LogP contribution >= 0.6 is 0 Å². The minimum Gasteiger partial charge on any atom is -0.455 e. The van der Waals surface area contributed by atoms with Gasteiger partial charge in [-0.05, 0) is 101 Å². The molecule has 19 rings (SSSR count). The molecule has 9 heteroatoms. The molecule has 0 spiro atoms. The summed E-state index contributed by atoms with van der Waals surface area (Å²) in [5, 5.41) is 5.93. The largest absolute Gasteiger partial charge is 0.455 e. The molecule has 0 atom stereocenters. The van der Waals surface area contributed by atoms with Gasteiger partial charge < -0.3 is 22.5 Å². The minimum absolute atomic E-state index is 0.0895. The van der Waals surface area contributed by atoms with E-state index in [-0.39, 0.29) is 50.6 Å². The molecule has 0 N–H and O–H groups in total. The van der Waals surface area contributed by atoms with Crippen molar-refractivity contribution in [2.75, 3.05) is 0 Å². The van der Waals surface area contributed by atoms with Gasteiger partial charge in [0.15, 0.2) is 17.5 Å². The van der Waals surface area contributed by atoms with Gasteiger partial charge in [0.25, 0.3) is 0 Å². The molecular formula is C82H47N7O2. The van der Waals surface area contributed by atoms with Crippen LogP contribution in [0.25, 0.3) is 188 Å². The van der Waals surface area contributed by atoms with E-state index in [4.69, 9.17) is 40.2 Å². The summed E-state index contributed by atoms with van der Waals surface area (Å²) in [4.78, 5) is 19.5. The molecule has 91 heavy (non-hydrogen) atoms. The lowest BCUT2D eigenvalue weighted by molar-refractivity contribution is 0.672. The van der Waals surface area contributed by atoms with Gasteiger partial charge in [0, 0.05) is 59.8 Å². The molecule has 0 aliphatic rings. The van der Waals surface area contributed by atoms with Crippen molar-refractivity contribution >= 4 is 115 Å². The molecule has 0 saturated carbocycles. The number of furan rings is 2. The van der Waals surface area contributed by atoms with E-state index < -0.39 is 149 Å². The molecule has 422 valence electrons. The summed E-state index contributed by atoms with van der Waals surface area (Å²) in [6.45, 7) is 9.83. The lowest BCUT2D eigenvalue weighted by Gasteiger charge is -2.26. The Kier molecular flexibility index (Phi) is 7.49. The van der Waals surface area contributed by atoms with E-state index in [1.807, 2.05) is 135 Å². The second-order valence-corrected chi connectivity index (χ2v) is 21.8. The van der Waals surface area contributed by atoms with Crippen molar-refractivity contribution in [2.45, 2.75) is 0 Å². The van der Waals surface area contributed by atoms with Crippen LogP contribution in [0.3, 0.4) is 0 Å². The van der Waals surface area contributed by atoms with Crippen LogP contribution in [0.4, 0.5) is 5.69 Å². The van der Waals surface area contributed by atoms with Crippen molar-refractivity contribution < 1.29 is 36.2 Å². The average Bonchev–Trinajstić information content (AvgIpc) is 1.55. The first-order valence-electron chi connectivity index (χ1n) is 38.8. The fourth-order valence-electron chi connectivity index (χ4n) is 13.3. The van der Waals surface area contributed by atoms with Gasteiger partial charge in [-0.25, -0.2) is 19.8 Å². The van der Waals surface area contributed by atoms with Gasteiger partial charge in [-0.3, -0.25) is 0 Å². The topological polar surface area (TPSA) is 84.1 Å². The standard InChI is InChI=1S/C82H47N7O2/c1-83-64-48-63(82-85-80(51-26-10-4-11-27-51)84-81(86-82)52-28-12-5-13-29-52)75(88-67-42-38-53(49-22-6-2-7-23-49)46-61(67)73-69(88)44-40-59-57-32-16-20-36-71(57)90-78(59)73)77(87-65-34-18-14-30-55(65)56-31-15-19-35-66(56)87)76(64)89-68-43-39-54(50-24-8-3-9-25-50)47-62(68)74-70(89)45-41-60-58-33-17-21-37-72(58)91-79(60)74/h2-48H/i2D,3D,4D,5D,6D,7D,8D,9D,10D,11D,12D,13D,22D,23D,24D,25D,26D,27D,28D,29D. The van der Waals surface area contributed by atoms with Gasteiger partial charge >= 0.3 is 0 Å². The Bertz CT molecular complexity index is 7320. The van der Waals surface area contributed by atoms with Crippen LogP contribution in [-0.4, -0.2) is 28.7 Å². The number of fused-ring (bicyclic) bond motifs is 17. The molecule has 6 heterocycles. The Labute approximate surface area is 547 Å². The molecule has 6 aromatic heterocycles. The van der Waals surface area contributed by atoms with Gasteiger partial charge in [0.05, 0.1) is 94.9 Å². The maximum atomic E-state index is 9.83. The minimum atomic E-state index is -0.789. The Balaban J connectivity index is 1.09. The maximum Gasteiger partial charge on any atom is 0.213 e. The Morgan fingerprint density at radius 2 is 0.703 bits per heavy atom. The number of benzene rings is 13. The van der Waals surface area contributed by atoms with Gasteiger partial charge in [0.1, 0.15) is 22.3 Å². The summed E-state index contributed by atoms with van der Waals surface area (Å²) < 4.78 is 201. The second kappa shape index (κ2) is 19.7. The van der Waals surface area contributed by atoms with Crippen molar-refractivity contribution in [3.8, 4) is 73.5 Å². The summed E-state index contributed by atoms with van der Waals surface area (Å²) in [6.07, 6.45) is 0. The fraction of sp³-hybridized carbons (Fsp3) is 0. The molecule has 0 radical (unpaired) electrons. The van der Waals surface area contributed by atoms with E-state index in [0.717, 1.165) is 21.5 Å². The molecule has 0 aliphatic heterocycles. The average molecular weight is 1180 g/mol. The summed E-state index contributed by atoms with van der Waals surface area (Å²) in [7, 11) is 0. The summed E-state index contributed by atoms with van der Waals surface area (Å²) in [5.41, 5.74) is 3.58. The third-order valence-corrected chi connectivity index (χ3v) is 17.0. The predicted octanol–water partition coefficient (Wildman–Crippen LogP) is 21.8. The van der Waals surface area contributed by atoms with Crippen LogP contribution in [0.2, 0.25) is 0 Å². The lowest BCUT2D eigenvalue weighted by atomic mass is 10.0. The number of aromatic nitrogens is 6. The number of hydrogen-bond donors (Lipinski definition) is 0. The monoisotopic (exact) mass is 1180 g/mol. The highest BCUT2D eigenvalue weighted by Gasteiger charge is 2.33. The van der Waals surface area contributed by atoms with Crippen LogP contribution < -0.4 is 0 Å². The van der Waals surface area contributed by atoms with E-state index in [9.17, 15) is 17.5 Å². The van der Waals surface area contributed by atoms with Crippen molar-refractivity contribution in [3.05, 3.63) is 296 Å². The summed E-state index contributed by atoms with van der Waals surface area (Å²) in [6, 6.07) is 35.9. The second-order valence-electron chi connectivity index (χ2n) is 21.8. The van der Waals surface area contributed by atoms with Gasteiger partial charge in [-0.15, -0.1) is 0 Å². The molecule has 0 unspecified atom stereocenters. The molecule has 0 bridgehead atoms. The van der Waals surface area contributed by atoms with E-state index >= 15 is 0 Å². The molecular weight excluding hydrogens is 1110 g/mol. The quantitative estimate of drug-likeness (QED) is 0.142. The molecule has 0 aliphatic carbocycles. The fourth-order valence-corrected chi connectivity index (χ4v) is 13.3. The lowest BCUT2D eigenvalue weighted by Crippen LogP contribution is -2.12. The highest BCUT2D eigenvalue weighted by atomic mass is 16.3. The molecule has 13 aromatic carbocycles. The van der Waals surface area contributed by atoms with Crippen molar-refractivity contribution in [2.24, 2.45) is 0 Å². The normalized spacial score (nSPS) is 15.0. The van der Waals surface area contributed by atoms with Crippen molar-refractivity contribution in [3.63, 3.8) is 0 Å². The molecule has 0 fully saturated rings. The zero-order valence-corrected chi connectivity index (χ0v) is 47.0. The Morgan fingerprint density at radius 1 is 0.319 bits per heavy atom. The maximum absolute atomic E-state index is 9.83. The van der Waals surface area contributed by atoms with Gasteiger partial charge in [0.2, 0.25) is 5.69 Å². The predicted molar refractivity (Wildman–Crippen MR) is 371 cm³/mol. The number of hydrogen-bond acceptors (Lipinski definition) is 5. The van der Waals surface area contributed by atoms with E-state index in [2.05, 4.69) is 4.85 Å². The van der Waals surface area contributed by atoms with E-state index in [0.29, 0.717) is 87.7 Å². The van der Waals surface area contributed by atoms with E-state index in [1.165, 1.54) is 6.07 Å². The zero-order chi connectivity index (χ0) is 77.2. The highest BCUT2D eigenvalue weighted by Crippen LogP contribution is 2.52. The van der Waals surface area contributed by atoms with Crippen molar-refractivity contribution in [1.82, 2.24) is 28.7 Å². The molecule has 0 amide bonds. The van der Waals surface area contributed by atoms with Gasteiger partial charge in [-0.2, -0.15) is 0 Å². The third-order valence-electron chi connectivity index (χ3n) is 17.0. The third kappa shape index (κ3) is 7.54. The van der Waals surface area contributed by atoms with Crippen LogP contribution in [0.5, 0.6) is 0 Å². The Morgan fingerprint density at radius 3 is 1.18 bits per heavy atom. The SMILES string of the molecule is [2H]c1c([2H])c([2H])c(-c2ccc3c(c2)c2c4oc5ccccc5c4ccc2n3-c2c([N+]#[C-])cc(-c3nc(-c4c([2H])c([2H])c([2H])c([2H])c4[2H])nc(-c4c([2H])c([2H])c([2H])c([2H])c4[2H])n3)c(-n3c4ccc(-c5c([2H])c([2H])c([2H])c([2H])c5[2H])cc4c4c5oc6ccccc6c5ccc43)c2-n2c3ccccc3c3ccccc32)c([2H])c1[2H]. The first kappa shape index (κ1) is 34.6. The highest BCUT2D eigenvalue weighted by molar-refractivity contribution is 6.27. The molecule has 9 nitrogen and oxygen atoms in total. The van der Waals surface area contributed by atoms with Crippen LogP contribution in [-0.2, 0) is 0 Å². The van der Waals surface area contributed by atoms with Crippen molar-refractivity contribution in [1.29, 1.82) is 0 Å². The number of nitrogens with zero attached hydrogens (tertiary/aromatic N) is 7. The molecule has 0 saturated heterocycles. The zero-order valence-electron chi connectivity index (χ0n) is 67.0. The first-order valence-corrected chi connectivity index (χ1v) is 28.8. The summed E-state index contributed by atoms with van der Waals surface area (Å²) >= 11 is 0. The van der Waals surface area contributed by atoms with E-state index in [1.54, 1.807) is 36.4 Å². The Hall–Kier alpha value is -12.6. The van der Waals surface area contributed by atoms with Crippen LogP contribution in [0.15, 0.2) is 293 Å². The van der Waals surface area contributed by atoms with Crippen LogP contribution in [0, 0.1) is 6.57 Å². The smallest absolute Gasteiger partial charge is 0.213 e. The summed E-state index contributed by atoms with van der Waals surface area (Å²) in [5.74, 6) is -1.66. The molecule has 19 aromatic rings. The number of para-hydroxylation sites is 4. The first-order chi connectivity index (χ1) is 53.4. The van der Waals surface area contributed by atoms with Crippen LogP contribution in [0.1, 0.15) is 27.4 Å². The van der Waals surface area contributed by atoms with Gasteiger partial charge in [-0.1, -0.05) is 206 Å².